The number of piperidine rings is 1. The lowest BCUT2D eigenvalue weighted by Gasteiger charge is -2.51. The topological polar surface area (TPSA) is 62.4 Å². The molecule has 0 bridgehead atoms. The van der Waals surface area contributed by atoms with Crippen molar-refractivity contribution in [3.8, 4) is 0 Å². The van der Waals surface area contributed by atoms with Crippen molar-refractivity contribution >= 4 is 22.8 Å². The molecule has 0 saturated carbocycles. The van der Waals surface area contributed by atoms with Crippen LogP contribution in [0.25, 0.3) is 10.9 Å². The number of H-pyrrole nitrogens is 1. The summed E-state index contributed by atoms with van der Waals surface area (Å²) in [6.45, 7) is 10.2. The van der Waals surface area contributed by atoms with Gasteiger partial charge in [0.15, 0.2) is 5.78 Å². The van der Waals surface area contributed by atoms with E-state index >= 15 is 0 Å². The Balaban J connectivity index is 1.91. The molecule has 0 unspecified atom stereocenters. The van der Waals surface area contributed by atoms with Crippen molar-refractivity contribution in [2.45, 2.75) is 58.1 Å². The van der Waals surface area contributed by atoms with E-state index in [0.717, 1.165) is 29.3 Å². The summed E-state index contributed by atoms with van der Waals surface area (Å²) in [7, 11) is 0. The van der Waals surface area contributed by atoms with E-state index < -0.39 is 5.60 Å². The molecule has 148 valence electrons. The number of para-hydroxylation sites is 1. The second kappa shape index (κ2) is 6.50. The number of hydrogen-bond acceptors (Lipinski definition) is 3. The van der Waals surface area contributed by atoms with Crippen molar-refractivity contribution in [3.63, 3.8) is 0 Å². The van der Waals surface area contributed by atoms with E-state index in [9.17, 15) is 9.59 Å². The van der Waals surface area contributed by atoms with E-state index in [1.165, 1.54) is 0 Å². The Morgan fingerprint density at radius 1 is 1.39 bits per heavy atom. The molecule has 2 heterocycles. The van der Waals surface area contributed by atoms with E-state index in [1.807, 2.05) is 56.0 Å². The van der Waals surface area contributed by atoms with Gasteiger partial charge in [0.05, 0.1) is 11.7 Å². The Morgan fingerprint density at radius 2 is 2.14 bits per heavy atom. The molecule has 4 rings (SSSR count). The van der Waals surface area contributed by atoms with Gasteiger partial charge >= 0.3 is 6.09 Å². The molecule has 5 heteroatoms. The maximum absolute atomic E-state index is 13.1. The fourth-order valence-electron chi connectivity index (χ4n) is 5.01. The van der Waals surface area contributed by atoms with Gasteiger partial charge in [0.1, 0.15) is 5.60 Å². The lowest BCUT2D eigenvalue weighted by Crippen LogP contribution is -2.52. The molecule has 1 fully saturated rings. The lowest BCUT2D eigenvalue weighted by molar-refractivity contribution is -0.0289. The number of aromatic nitrogens is 1. The zero-order chi connectivity index (χ0) is 20.1. The van der Waals surface area contributed by atoms with Crippen molar-refractivity contribution in [2.24, 2.45) is 5.41 Å². The van der Waals surface area contributed by atoms with E-state index in [-0.39, 0.29) is 23.3 Å². The van der Waals surface area contributed by atoms with Crippen LogP contribution < -0.4 is 0 Å². The van der Waals surface area contributed by atoms with Crippen LogP contribution in [0, 0.1) is 5.41 Å². The molecule has 0 radical (unpaired) electrons. The van der Waals surface area contributed by atoms with Gasteiger partial charge in [-0.05, 0) is 46.1 Å². The number of hydrogen-bond donors (Lipinski definition) is 1. The summed E-state index contributed by atoms with van der Waals surface area (Å²) in [5.41, 5.74) is 1.63. The number of Topliss-reactive ketones (excluding diaryl/α,β-unsaturated/α-hetero) is 1. The number of allylic oxidation sites excluding steroid dienone is 1. The SMILES string of the molecule is C=CC[C@]12CCCN(C(=O)OC(C)(C)C)[C@H]1c1c([nH]c3ccccc13)C(=O)C2. The summed E-state index contributed by atoms with van der Waals surface area (Å²) >= 11 is 0. The third-order valence-electron chi connectivity index (χ3n) is 5.96. The van der Waals surface area contributed by atoms with Gasteiger partial charge in [-0.3, -0.25) is 4.79 Å². The molecule has 1 aliphatic heterocycles. The molecule has 0 spiro atoms. The maximum Gasteiger partial charge on any atom is 0.410 e. The molecule has 1 aromatic heterocycles. The third-order valence-corrected chi connectivity index (χ3v) is 5.96. The lowest BCUT2D eigenvalue weighted by atomic mass is 9.62. The fraction of sp³-hybridized carbons (Fsp3) is 0.478. The van der Waals surface area contributed by atoms with Gasteiger partial charge < -0.3 is 14.6 Å². The van der Waals surface area contributed by atoms with Gasteiger partial charge in [-0.25, -0.2) is 4.79 Å². The van der Waals surface area contributed by atoms with Gasteiger partial charge in [-0.2, -0.15) is 0 Å². The van der Waals surface area contributed by atoms with Crippen LogP contribution in [0.4, 0.5) is 4.79 Å². The number of fused-ring (bicyclic) bond motifs is 5. The predicted octanol–water partition coefficient (Wildman–Crippen LogP) is 5.39. The summed E-state index contributed by atoms with van der Waals surface area (Å²) in [6.07, 6.45) is 4.45. The van der Waals surface area contributed by atoms with E-state index in [2.05, 4.69) is 11.6 Å². The highest BCUT2D eigenvalue weighted by Crippen LogP contribution is 2.56. The summed E-state index contributed by atoms with van der Waals surface area (Å²) in [6, 6.07) is 7.75. The average Bonchev–Trinajstić information content (AvgIpc) is 3.00. The fourth-order valence-corrected chi connectivity index (χ4v) is 5.01. The summed E-state index contributed by atoms with van der Waals surface area (Å²) in [5.74, 6) is 0.121. The Labute approximate surface area is 165 Å². The van der Waals surface area contributed by atoms with Crippen LogP contribution >= 0.6 is 0 Å². The van der Waals surface area contributed by atoms with Crippen molar-refractivity contribution in [3.05, 3.63) is 48.2 Å². The van der Waals surface area contributed by atoms with E-state index in [0.29, 0.717) is 25.1 Å². The maximum atomic E-state index is 13.1. The zero-order valence-corrected chi connectivity index (χ0v) is 16.9. The number of nitrogens with zero attached hydrogens (tertiary/aromatic N) is 1. The van der Waals surface area contributed by atoms with Gasteiger partial charge in [0.25, 0.3) is 0 Å². The van der Waals surface area contributed by atoms with Crippen molar-refractivity contribution in [2.75, 3.05) is 6.54 Å². The first-order valence-electron chi connectivity index (χ1n) is 10.00. The van der Waals surface area contributed by atoms with E-state index in [1.54, 1.807) is 0 Å². The molecule has 1 aliphatic carbocycles. The molecule has 2 atom stereocenters. The van der Waals surface area contributed by atoms with Gasteiger partial charge in [-0.15, -0.1) is 6.58 Å². The largest absolute Gasteiger partial charge is 0.444 e. The van der Waals surface area contributed by atoms with Crippen LogP contribution in [0.15, 0.2) is 36.9 Å². The average molecular weight is 380 g/mol. The Morgan fingerprint density at radius 3 is 2.86 bits per heavy atom. The third kappa shape index (κ3) is 2.93. The molecular weight excluding hydrogens is 352 g/mol. The van der Waals surface area contributed by atoms with Crippen LogP contribution in [-0.4, -0.2) is 33.9 Å². The van der Waals surface area contributed by atoms with Crippen molar-refractivity contribution in [1.82, 2.24) is 9.88 Å². The molecule has 1 amide bonds. The van der Waals surface area contributed by atoms with Crippen molar-refractivity contribution < 1.29 is 14.3 Å². The number of rotatable bonds is 2. The highest BCUT2D eigenvalue weighted by atomic mass is 16.6. The number of benzene rings is 1. The first-order valence-corrected chi connectivity index (χ1v) is 10.00. The van der Waals surface area contributed by atoms with Crippen LogP contribution in [0.2, 0.25) is 0 Å². The first-order chi connectivity index (χ1) is 13.3. The predicted molar refractivity (Wildman–Crippen MR) is 109 cm³/mol. The van der Waals surface area contributed by atoms with Gasteiger partial charge in [-0.1, -0.05) is 24.3 Å². The molecule has 2 aromatic rings. The molecule has 1 N–H and O–H groups in total. The number of carbonyl (C=O) groups excluding carboxylic acids is 2. The number of ether oxygens (including phenoxy) is 1. The zero-order valence-electron chi connectivity index (χ0n) is 16.9. The minimum atomic E-state index is -0.566. The Hall–Kier alpha value is -2.56. The highest BCUT2D eigenvalue weighted by molar-refractivity contribution is 6.04. The summed E-state index contributed by atoms with van der Waals surface area (Å²) < 4.78 is 5.75. The summed E-state index contributed by atoms with van der Waals surface area (Å²) in [5, 5.41) is 1.01. The van der Waals surface area contributed by atoms with E-state index in [4.69, 9.17) is 4.74 Å². The second-order valence-corrected chi connectivity index (χ2v) is 9.09. The quantitative estimate of drug-likeness (QED) is 0.711. The number of nitrogens with one attached hydrogen (secondary N) is 1. The smallest absolute Gasteiger partial charge is 0.410 e. The molecule has 1 saturated heterocycles. The van der Waals surface area contributed by atoms with Crippen molar-refractivity contribution in [1.29, 1.82) is 0 Å². The van der Waals surface area contributed by atoms with Gasteiger partial charge in [0.2, 0.25) is 0 Å². The summed E-state index contributed by atoms with van der Waals surface area (Å²) in [4.78, 5) is 31.4. The molecule has 2 aliphatic rings. The Kier molecular flexibility index (Phi) is 4.36. The monoisotopic (exact) mass is 380 g/mol. The van der Waals surface area contributed by atoms with Crippen LogP contribution in [0.3, 0.4) is 0 Å². The molecule has 5 nitrogen and oxygen atoms in total. The van der Waals surface area contributed by atoms with Crippen LogP contribution in [0.5, 0.6) is 0 Å². The second-order valence-electron chi connectivity index (χ2n) is 9.09. The minimum Gasteiger partial charge on any atom is -0.444 e. The van der Waals surface area contributed by atoms with Gasteiger partial charge in [0, 0.05) is 34.8 Å². The number of likely N-dealkylation sites (tertiary alicyclic amines) is 1. The van der Waals surface area contributed by atoms with Crippen LogP contribution in [-0.2, 0) is 4.74 Å². The minimum absolute atomic E-state index is 0.121. The number of amides is 1. The molecule has 1 aromatic carbocycles. The number of ketones is 1. The first kappa shape index (κ1) is 18.8. The number of carbonyl (C=O) groups is 2. The highest BCUT2D eigenvalue weighted by Gasteiger charge is 2.53. The van der Waals surface area contributed by atoms with Crippen LogP contribution in [0.1, 0.15) is 68.5 Å². The standard InChI is InChI=1S/C23H28N2O3/c1-5-11-23-12-8-13-25(21(27)28-22(2,3)4)20(23)18-15-9-6-7-10-16(15)24-19(18)17(26)14-23/h5-7,9-10,20,24H,1,8,11-14H2,2-4H3/t20-,23+/m0/s1. The molecule has 28 heavy (non-hydrogen) atoms. The molecular formula is C23H28N2O3. The number of aromatic amines is 1. The normalized spacial score (nSPS) is 24.6. The Bertz CT molecular complexity index is 952.